The maximum absolute atomic E-state index is 5.29. The molecule has 0 amide bonds. The van der Waals surface area contributed by atoms with Gasteiger partial charge in [-0.15, -0.1) is 0 Å². The molecule has 11 heavy (non-hydrogen) atoms. The molecule has 0 radical (unpaired) electrons. The van der Waals surface area contributed by atoms with Gasteiger partial charge in [0.25, 0.3) is 0 Å². The first-order chi connectivity index (χ1) is 5.24. The minimum atomic E-state index is 0.692. The summed E-state index contributed by atoms with van der Waals surface area (Å²) in [4.78, 5) is 4.05. The molecule has 2 nitrogen and oxygen atoms in total. The van der Waals surface area contributed by atoms with E-state index in [-0.39, 0.29) is 0 Å². The molecule has 0 spiro atoms. The van der Waals surface area contributed by atoms with Crippen LogP contribution in [0, 0.1) is 6.92 Å². The van der Waals surface area contributed by atoms with Crippen molar-refractivity contribution >= 4 is 12.7 Å². The number of oxazole rings is 1. The molecule has 0 fully saturated rings. The molecule has 0 unspecified atom stereocenters. The summed E-state index contributed by atoms with van der Waals surface area (Å²) in [6.07, 6.45) is 4.18. The number of rotatable bonds is 2. The van der Waals surface area contributed by atoms with Crippen molar-refractivity contribution < 1.29 is 4.42 Å². The van der Waals surface area contributed by atoms with Gasteiger partial charge in [0.05, 0.1) is 0 Å². The summed E-state index contributed by atoms with van der Waals surface area (Å²) < 4.78 is 5.29. The maximum Gasteiger partial charge on any atom is 0.192 e. The molecule has 0 aliphatic carbocycles. The molecule has 0 aromatic carbocycles. The van der Waals surface area contributed by atoms with Crippen molar-refractivity contribution in [2.45, 2.75) is 26.7 Å². The van der Waals surface area contributed by atoms with Gasteiger partial charge in [-0.3, -0.25) is 0 Å². The molecule has 0 aliphatic rings. The van der Waals surface area contributed by atoms with Crippen LogP contribution in [0.1, 0.15) is 25.7 Å². The number of aromatic nitrogens is 1. The molecule has 0 atom stereocenters. The fourth-order valence-corrected chi connectivity index (χ4v) is 0.921. The second kappa shape index (κ2) is 3.37. The van der Waals surface area contributed by atoms with Gasteiger partial charge >= 0.3 is 0 Å². The molecular formula is C9H13NO. The Labute approximate surface area is 66.3 Å². The zero-order valence-corrected chi connectivity index (χ0v) is 7.05. The van der Waals surface area contributed by atoms with Crippen LogP contribution < -0.4 is 10.8 Å². The van der Waals surface area contributed by atoms with Crippen molar-refractivity contribution in [2.75, 3.05) is 0 Å². The largest absolute Gasteiger partial charge is 0.441 e. The smallest absolute Gasteiger partial charge is 0.192 e. The highest BCUT2D eigenvalue weighted by Crippen LogP contribution is 1.86. The predicted molar refractivity (Wildman–Crippen MR) is 45.4 cm³/mol. The van der Waals surface area contributed by atoms with E-state index in [1.807, 2.05) is 13.0 Å². The predicted octanol–water partition coefficient (Wildman–Crippen LogP) is 0.974. The zero-order chi connectivity index (χ0) is 8.27. The van der Waals surface area contributed by atoms with Crippen LogP contribution in [0.5, 0.6) is 0 Å². The van der Waals surface area contributed by atoms with Gasteiger partial charge in [0.2, 0.25) is 0 Å². The van der Waals surface area contributed by atoms with Gasteiger partial charge in [-0.1, -0.05) is 19.9 Å². The van der Waals surface area contributed by atoms with Crippen molar-refractivity contribution in [3.05, 3.63) is 16.7 Å². The second-order valence-corrected chi connectivity index (χ2v) is 2.54. The maximum atomic E-state index is 5.29. The second-order valence-electron chi connectivity index (χ2n) is 2.54. The van der Waals surface area contributed by atoms with Crippen molar-refractivity contribution in [1.29, 1.82) is 0 Å². The lowest BCUT2D eigenvalue weighted by Crippen LogP contribution is -2.19. The lowest BCUT2D eigenvalue weighted by molar-refractivity contribution is 0.490. The van der Waals surface area contributed by atoms with Gasteiger partial charge in [-0.25, -0.2) is 4.98 Å². The van der Waals surface area contributed by atoms with Gasteiger partial charge in [0.15, 0.2) is 5.89 Å². The van der Waals surface area contributed by atoms with E-state index < -0.39 is 0 Å². The van der Waals surface area contributed by atoms with Crippen LogP contribution >= 0.6 is 0 Å². The third kappa shape index (κ3) is 1.93. The Morgan fingerprint density at radius 2 is 2.36 bits per heavy atom. The Balaban J connectivity index is 3.03. The fourth-order valence-electron chi connectivity index (χ4n) is 0.921. The summed E-state index contributed by atoms with van der Waals surface area (Å²) in [7, 11) is 0. The summed E-state index contributed by atoms with van der Waals surface area (Å²) in [6, 6.07) is 0. The monoisotopic (exact) mass is 151 g/mol. The topological polar surface area (TPSA) is 26.0 Å². The van der Waals surface area contributed by atoms with Crippen LogP contribution in [0.3, 0.4) is 0 Å². The molecule has 1 aromatic heterocycles. The molecule has 60 valence electrons. The quantitative estimate of drug-likeness (QED) is 0.629. The lowest BCUT2D eigenvalue weighted by atomic mass is 10.3. The number of hydrogen-bond acceptors (Lipinski definition) is 2. The number of nitrogens with zero attached hydrogens (tertiary/aromatic N) is 1. The van der Waals surface area contributed by atoms with Crippen LogP contribution in [-0.4, -0.2) is 4.98 Å². The normalized spacial score (nSPS) is 12.4. The Bertz CT molecular complexity index is 324. The van der Waals surface area contributed by atoms with E-state index in [4.69, 9.17) is 4.42 Å². The molecule has 0 aliphatic heterocycles. The first-order valence-electron chi connectivity index (χ1n) is 3.86. The number of hydrogen-bond donors (Lipinski definition) is 0. The Morgan fingerprint density at radius 1 is 1.64 bits per heavy atom. The summed E-state index contributed by atoms with van der Waals surface area (Å²) >= 11 is 0. The zero-order valence-electron chi connectivity index (χ0n) is 7.05. The molecule has 0 N–H and O–H groups in total. The van der Waals surface area contributed by atoms with Crippen molar-refractivity contribution in [3.63, 3.8) is 0 Å². The number of aryl methyl sites for hydroxylation is 1. The molecule has 1 heterocycles. The molecular weight excluding hydrogens is 138 g/mol. The standard InChI is InChI=1S/C9H13NO/c1-4-5-6-9-7(2)10-8(3)11-9/h6H,2,4-5H2,1,3H3/b9-6+. The van der Waals surface area contributed by atoms with Crippen molar-refractivity contribution in [3.8, 4) is 0 Å². The van der Waals surface area contributed by atoms with Gasteiger partial charge in [-0.05, 0) is 12.5 Å². The van der Waals surface area contributed by atoms with E-state index in [2.05, 4.69) is 18.5 Å². The van der Waals surface area contributed by atoms with E-state index in [1.54, 1.807) is 0 Å². The first-order valence-corrected chi connectivity index (χ1v) is 3.86. The van der Waals surface area contributed by atoms with Crippen molar-refractivity contribution in [1.82, 2.24) is 4.98 Å². The third-order valence-corrected chi connectivity index (χ3v) is 1.45. The first kappa shape index (κ1) is 8.05. The molecule has 1 aromatic rings. The van der Waals surface area contributed by atoms with E-state index in [0.29, 0.717) is 5.89 Å². The van der Waals surface area contributed by atoms with Gasteiger partial charge in [0.1, 0.15) is 10.8 Å². The molecule has 2 heteroatoms. The van der Waals surface area contributed by atoms with Gasteiger partial charge < -0.3 is 4.42 Å². The minimum Gasteiger partial charge on any atom is -0.441 e. The van der Waals surface area contributed by atoms with E-state index in [9.17, 15) is 0 Å². The molecule has 0 bridgehead atoms. The average Bonchev–Trinajstić information content (AvgIpc) is 2.26. The summed E-state index contributed by atoms with van der Waals surface area (Å²) in [6.45, 7) is 7.72. The van der Waals surface area contributed by atoms with Gasteiger partial charge in [0, 0.05) is 6.92 Å². The highest BCUT2D eigenvalue weighted by molar-refractivity contribution is 5.17. The third-order valence-electron chi connectivity index (χ3n) is 1.45. The van der Waals surface area contributed by atoms with E-state index in [1.165, 1.54) is 0 Å². The Morgan fingerprint density at radius 3 is 2.82 bits per heavy atom. The van der Waals surface area contributed by atoms with Crippen LogP contribution in [0.2, 0.25) is 0 Å². The lowest BCUT2D eigenvalue weighted by Gasteiger charge is -1.79. The van der Waals surface area contributed by atoms with E-state index in [0.717, 1.165) is 23.6 Å². The SMILES string of the molecule is C=c1nc(C)o/c1=C/CCC. The average molecular weight is 151 g/mol. The summed E-state index contributed by atoms with van der Waals surface area (Å²) in [5.74, 6) is 0.692. The van der Waals surface area contributed by atoms with Crippen molar-refractivity contribution in [2.24, 2.45) is 0 Å². The minimum absolute atomic E-state index is 0.692. The molecule has 0 saturated carbocycles. The Hall–Kier alpha value is -1.05. The van der Waals surface area contributed by atoms with Crippen LogP contribution in [-0.2, 0) is 0 Å². The van der Waals surface area contributed by atoms with Crippen LogP contribution in [0.25, 0.3) is 12.7 Å². The molecule has 0 saturated heterocycles. The van der Waals surface area contributed by atoms with Gasteiger partial charge in [-0.2, -0.15) is 0 Å². The molecule has 1 rings (SSSR count). The highest BCUT2D eigenvalue weighted by Gasteiger charge is 1.91. The summed E-state index contributed by atoms with van der Waals surface area (Å²) in [5.41, 5.74) is 0.823. The fraction of sp³-hybridized carbons (Fsp3) is 0.444. The van der Waals surface area contributed by atoms with Crippen LogP contribution in [0.4, 0.5) is 0 Å². The number of unbranched alkanes of at least 4 members (excludes halogenated alkanes) is 1. The highest BCUT2D eigenvalue weighted by atomic mass is 16.3. The summed E-state index contributed by atoms with van der Waals surface area (Å²) in [5, 5.41) is 0.746. The van der Waals surface area contributed by atoms with E-state index >= 15 is 0 Å². The Kier molecular flexibility index (Phi) is 2.47. The van der Waals surface area contributed by atoms with Crippen LogP contribution in [0.15, 0.2) is 4.42 Å².